The summed E-state index contributed by atoms with van der Waals surface area (Å²) in [5, 5.41) is 3.56. The number of likely N-dealkylation sites (N-methyl/N-ethyl adjacent to an activating group) is 1. The van der Waals surface area contributed by atoms with Crippen LogP contribution in [0.1, 0.15) is 32.1 Å². The van der Waals surface area contributed by atoms with Gasteiger partial charge >= 0.3 is 0 Å². The number of rotatable bonds is 4. The van der Waals surface area contributed by atoms with Crippen LogP contribution in [0.5, 0.6) is 0 Å². The molecule has 2 aliphatic rings. The summed E-state index contributed by atoms with van der Waals surface area (Å²) in [4.78, 5) is 2.47. The van der Waals surface area contributed by atoms with Gasteiger partial charge in [-0.1, -0.05) is 0 Å². The molecule has 2 saturated heterocycles. The first kappa shape index (κ1) is 11.4. The number of hydrogen-bond donors (Lipinski definition) is 1. The lowest BCUT2D eigenvalue weighted by molar-refractivity contribution is 0.0164. The van der Waals surface area contributed by atoms with Gasteiger partial charge in [-0.15, -0.1) is 0 Å². The van der Waals surface area contributed by atoms with Gasteiger partial charge < -0.3 is 15.0 Å². The molecule has 0 spiro atoms. The second kappa shape index (κ2) is 5.83. The fourth-order valence-electron chi connectivity index (χ4n) is 2.62. The van der Waals surface area contributed by atoms with Crippen LogP contribution in [0.15, 0.2) is 0 Å². The van der Waals surface area contributed by atoms with E-state index >= 15 is 0 Å². The van der Waals surface area contributed by atoms with Gasteiger partial charge in [0.1, 0.15) is 0 Å². The lowest BCUT2D eigenvalue weighted by Gasteiger charge is -2.25. The molecule has 88 valence electrons. The molecule has 3 nitrogen and oxygen atoms in total. The maximum atomic E-state index is 5.69. The summed E-state index contributed by atoms with van der Waals surface area (Å²) in [5.74, 6) is 0. The summed E-state index contributed by atoms with van der Waals surface area (Å²) < 4.78 is 5.69. The third-order valence-electron chi connectivity index (χ3n) is 3.70. The maximum absolute atomic E-state index is 5.69. The molecule has 0 aliphatic carbocycles. The Bertz CT molecular complexity index is 180. The third kappa shape index (κ3) is 3.44. The number of hydrogen-bond acceptors (Lipinski definition) is 3. The molecule has 2 rings (SSSR count). The smallest absolute Gasteiger partial charge is 0.0699 e. The van der Waals surface area contributed by atoms with Crippen LogP contribution in [0, 0.1) is 0 Å². The number of nitrogens with zero attached hydrogens (tertiary/aromatic N) is 1. The van der Waals surface area contributed by atoms with E-state index < -0.39 is 0 Å². The van der Waals surface area contributed by atoms with E-state index in [1.807, 2.05) is 0 Å². The second-order valence-electron chi connectivity index (χ2n) is 4.92. The van der Waals surface area contributed by atoms with Gasteiger partial charge in [0, 0.05) is 25.7 Å². The fraction of sp³-hybridized carbons (Fsp3) is 1.00. The van der Waals surface area contributed by atoms with Crippen molar-refractivity contribution in [2.24, 2.45) is 0 Å². The Kier molecular flexibility index (Phi) is 4.42. The first-order valence-electron chi connectivity index (χ1n) is 6.39. The van der Waals surface area contributed by atoms with Crippen molar-refractivity contribution in [3.05, 3.63) is 0 Å². The standard InChI is InChI=1S/C12H24N2O/c1-14-7-4-5-11(14)9-13-10-12-6-2-3-8-15-12/h11-13H,2-10H2,1H3. The normalized spacial score (nSPS) is 33.4. The molecule has 0 saturated carbocycles. The van der Waals surface area contributed by atoms with Crippen LogP contribution >= 0.6 is 0 Å². The van der Waals surface area contributed by atoms with Crippen molar-refractivity contribution in [3.63, 3.8) is 0 Å². The summed E-state index contributed by atoms with van der Waals surface area (Å²) in [7, 11) is 2.23. The number of ether oxygens (including phenoxy) is 1. The highest BCUT2D eigenvalue weighted by Gasteiger charge is 2.21. The van der Waals surface area contributed by atoms with Crippen molar-refractivity contribution in [2.75, 3.05) is 33.3 Å². The maximum Gasteiger partial charge on any atom is 0.0699 e. The van der Waals surface area contributed by atoms with E-state index in [1.165, 1.54) is 38.6 Å². The van der Waals surface area contributed by atoms with E-state index in [2.05, 4.69) is 17.3 Å². The molecule has 0 aromatic rings. The Hall–Kier alpha value is -0.120. The van der Waals surface area contributed by atoms with Crippen molar-refractivity contribution in [3.8, 4) is 0 Å². The van der Waals surface area contributed by atoms with Crippen LogP contribution in [-0.2, 0) is 4.74 Å². The number of nitrogens with one attached hydrogen (secondary N) is 1. The van der Waals surface area contributed by atoms with Crippen LogP contribution in [0.25, 0.3) is 0 Å². The van der Waals surface area contributed by atoms with Gasteiger partial charge in [-0.25, -0.2) is 0 Å². The average molecular weight is 212 g/mol. The highest BCUT2D eigenvalue weighted by atomic mass is 16.5. The highest BCUT2D eigenvalue weighted by molar-refractivity contribution is 4.79. The van der Waals surface area contributed by atoms with Crippen molar-refractivity contribution >= 4 is 0 Å². The molecule has 2 aliphatic heterocycles. The van der Waals surface area contributed by atoms with E-state index in [-0.39, 0.29) is 0 Å². The predicted octanol–water partition coefficient (Wildman–Crippen LogP) is 1.24. The summed E-state index contributed by atoms with van der Waals surface area (Å²) in [6, 6.07) is 0.758. The topological polar surface area (TPSA) is 24.5 Å². The lowest BCUT2D eigenvalue weighted by Crippen LogP contribution is -2.39. The molecule has 2 atom stereocenters. The van der Waals surface area contributed by atoms with E-state index in [4.69, 9.17) is 4.74 Å². The molecule has 2 heterocycles. The monoisotopic (exact) mass is 212 g/mol. The minimum absolute atomic E-state index is 0.477. The molecular weight excluding hydrogens is 188 g/mol. The molecule has 2 fully saturated rings. The van der Waals surface area contributed by atoms with Gasteiger partial charge in [-0.05, 0) is 45.7 Å². The van der Waals surface area contributed by atoms with Crippen LogP contribution in [0.4, 0.5) is 0 Å². The van der Waals surface area contributed by atoms with E-state index in [1.54, 1.807) is 0 Å². The minimum atomic E-state index is 0.477. The summed E-state index contributed by atoms with van der Waals surface area (Å²) in [6.45, 7) is 4.42. The van der Waals surface area contributed by atoms with Crippen LogP contribution in [0.3, 0.4) is 0 Å². The van der Waals surface area contributed by atoms with E-state index in [0.717, 1.165) is 25.7 Å². The van der Waals surface area contributed by atoms with Gasteiger partial charge in [0.2, 0.25) is 0 Å². The molecule has 15 heavy (non-hydrogen) atoms. The Labute approximate surface area is 93.2 Å². The molecule has 0 radical (unpaired) electrons. The average Bonchev–Trinajstić information content (AvgIpc) is 2.66. The zero-order chi connectivity index (χ0) is 10.5. The molecule has 1 N–H and O–H groups in total. The zero-order valence-electron chi connectivity index (χ0n) is 9.87. The van der Waals surface area contributed by atoms with Crippen LogP contribution in [-0.4, -0.2) is 50.3 Å². The molecule has 0 amide bonds. The first-order valence-corrected chi connectivity index (χ1v) is 6.39. The van der Waals surface area contributed by atoms with E-state index in [0.29, 0.717) is 6.10 Å². The van der Waals surface area contributed by atoms with E-state index in [9.17, 15) is 0 Å². The Morgan fingerprint density at radius 1 is 1.20 bits per heavy atom. The van der Waals surface area contributed by atoms with Gasteiger partial charge in [-0.3, -0.25) is 0 Å². The van der Waals surface area contributed by atoms with Crippen molar-refractivity contribution < 1.29 is 4.74 Å². The van der Waals surface area contributed by atoms with Crippen LogP contribution < -0.4 is 5.32 Å². The molecule has 0 aromatic carbocycles. The third-order valence-corrected chi connectivity index (χ3v) is 3.70. The summed E-state index contributed by atoms with van der Waals surface area (Å²) >= 11 is 0. The first-order chi connectivity index (χ1) is 7.36. The Morgan fingerprint density at radius 2 is 2.13 bits per heavy atom. The zero-order valence-corrected chi connectivity index (χ0v) is 9.87. The summed E-state index contributed by atoms with van der Waals surface area (Å²) in [5.41, 5.74) is 0. The van der Waals surface area contributed by atoms with Gasteiger partial charge in [0.15, 0.2) is 0 Å². The molecule has 3 heteroatoms. The quantitative estimate of drug-likeness (QED) is 0.759. The van der Waals surface area contributed by atoms with Crippen molar-refractivity contribution in [2.45, 2.75) is 44.2 Å². The number of likely N-dealkylation sites (tertiary alicyclic amines) is 1. The predicted molar refractivity (Wildman–Crippen MR) is 62.1 cm³/mol. The van der Waals surface area contributed by atoms with Crippen molar-refractivity contribution in [1.29, 1.82) is 0 Å². The Morgan fingerprint density at radius 3 is 2.80 bits per heavy atom. The van der Waals surface area contributed by atoms with Gasteiger partial charge in [0.25, 0.3) is 0 Å². The Balaban J connectivity index is 1.57. The molecular formula is C12H24N2O. The van der Waals surface area contributed by atoms with Crippen molar-refractivity contribution in [1.82, 2.24) is 10.2 Å². The largest absolute Gasteiger partial charge is 0.377 e. The minimum Gasteiger partial charge on any atom is -0.377 e. The SMILES string of the molecule is CN1CCCC1CNCC1CCCCO1. The lowest BCUT2D eigenvalue weighted by atomic mass is 10.1. The second-order valence-corrected chi connectivity index (χ2v) is 4.92. The van der Waals surface area contributed by atoms with Gasteiger partial charge in [0.05, 0.1) is 6.10 Å². The fourth-order valence-corrected chi connectivity index (χ4v) is 2.62. The van der Waals surface area contributed by atoms with Gasteiger partial charge in [-0.2, -0.15) is 0 Å². The molecule has 2 unspecified atom stereocenters. The van der Waals surface area contributed by atoms with Crippen LogP contribution in [0.2, 0.25) is 0 Å². The summed E-state index contributed by atoms with van der Waals surface area (Å²) in [6.07, 6.45) is 7.04. The molecule has 0 aromatic heterocycles. The highest BCUT2D eigenvalue weighted by Crippen LogP contribution is 2.14. The molecule has 0 bridgehead atoms.